The number of hydrazone groups is 1. The molecule has 1 aromatic heterocycles. The fourth-order valence-electron chi connectivity index (χ4n) is 2.99. The molecule has 6 heteroatoms. The second kappa shape index (κ2) is 7.36. The second-order valence-electron chi connectivity index (χ2n) is 6.17. The first-order chi connectivity index (χ1) is 13.6. The van der Waals surface area contributed by atoms with Crippen molar-refractivity contribution >= 4 is 22.9 Å². The summed E-state index contributed by atoms with van der Waals surface area (Å²) in [6.07, 6.45) is 3.12. The molecular formula is C22H16FN3O2. The molecule has 28 heavy (non-hydrogen) atoms. The topological polar surface area (TPSA) is 66.6 Å². The molecule has 0 atom stereocenters. The van der Waals surface area contributed by atoms with Crippen molar-refractivity contribution in [3.05, 3.63) is 96.1 Å². The number of aromatic hydroxyl groups is 1. The number of benzene rings is 3. The number of para-hydroxylation sites is 1. The molecule has 2 N–H and O–H groups in total. The number of aromatic nitrogens is 1. The summed E-state index contributed by atoms with van der Waals surface area (Å²) < 4.78 is 15.6. The lowest BCUT2D eigenvalue weighted by Crippen LogP contribution is -2.18. The highest BCUT2D eigenvalue weighted by molar-refractivity contribution is 6.01. The van der Waals surface area contributed by atoms with Gasteiger partial charge in [0, 0.05) is 6.20 Å². The Morgan fingerprint density at radius 1 is 1.00 bits per heavy atom. The Labute approximate surface area is 160 Å². The number of carbonyl (C=O) groups excluding carboxylic acids is 1. The molecule has 0 aliphatic heterocycles. The molecule has 0 aliphatic carbocycles. The largest absolute Gasteiger partial charge is 0.507 e. The summed E-state index contributed by atoms with van der Waals surface area (Å²) in [4.78, 5) is 12.4. The number of nitrogens with zero attached hydrogens (tertiary/aromatic N) is 2. The molecule has 0 spiro atoms. The van der Waals surface area contributed by atoms with Crippen LogP contribution >= 0.6 is 0 Å². The maximum atomic E-state index is 14.0. The van der Waals surface area contributed by atoms with Crippen molar-refractivity contribution in [1.29, 1.82) is 0 Å². The van der Waals surface area contributed by atoms with Crippen molar-refractivity contribution < 1.29 is 14.3 Å². The Hall–Kier alpha value is -3.93. The van der Waals surface area contributed by atoms with Crippen molar-refractivity contribution in [2.75, 3.05) is 0 Å². The van der Waals surface area contributed by atoms with Crippen LogP contribution in [0.4, 0.5) is 4.39 Å². The zero-order valence-electron chi connectivity index (χ0n) is 14.7. The van der Waals surface area contributed by atoms with Gasteiger partial charge in [0.05, 0.1) is 23.2 Å². The van der Waals surface area contributed by atoms with E-state index in [4.69, 9.17) is 0 Å². The van der Waals surface area contributed by atoms with Crippen LogP contribution in [-0.2, 0) is 0 Å². The number of carbonyl (C=O) groups is 1. The fourth-order valence-corrected chi connectivity index (χ4v) is 2.99. The average Bonchev–Trinajstić information content (AvgIpc) is 3.16. The highest BCUT2D eigenvalue weighted by Gasteiger charge is 2.12. The van der Waals surface area contributed by atoms with E-state index < -0.39 is 5.91 Å². The normalized spacial score (nSPS) is 11.2. The molecule has 0 bridgehead atoms. The fraction of sp³-hybridized carbons (Fsp3) is 0. The first-order valence-electron chi connectivity index (χ1n) is 8.61. The van der Waals surface area contributed by atoms with Crippen molar-refractivity contribution in [3.8, 4) is 11.4 Å². The van der Waals surface area contributed by atoms with Crippen molar-refractivity contribution in [3.63, 3.8) is 0 Å². The van der Waals surface area contributed by atoms with Crippen molar-refractivity contribution in [1.82, 2.24) is 9.99 Å². The monoisotopic (exact) mass is 373 g/mol. The SMILES string of the molecule is O=C(NN=Cc1cccn1-c1ccccc1F)c1cc2ccccc2cc1O. The Morgan fingerprint density at radius 3 is 2.50 bits per heavy atom. The number of rotatable bonds is 4. The highest BCUT2D eigenvalue weighted by atomic mass is 19.1. The van der Waals surface area contributed by atoms with Gasteiger partial charge in [0.2, 0.25) is 0 Å². The molecule has 1 amide bonds. The van der Waals surface area contributed by atoms with E-state index in [0.29, 0.717) is 11.4 Å². The van der Waals surface area contributed by atoms with Gasteiger partial charge in [0.15, 0.2) is 0 Å². The number of nitrogens with one attached hydrogen (secondary N) is 1. The Balaban J connectivity index is 1.55. The Bertz CT molecular complexity index is 1200. The number of hydrogen-bond acceptors (Lipinski definition) is 3. The number of amides is 1. The Kier molecular flexibility index (Phi) is 4.60. The predicted molar refractivity (Wildman–Crippen MR) is 106 cm³/mol. The molecule has 5 nitrogen and oxygen atoms in total. The third-order valence-electron chi connectivity index (χ3n) is 4.36. The number of halogens is 1. The first-order valence-corrected chi connectivity index (χ1v) is 8.61. The number of phenolic OH excluding ortho intramolecular Hbond substituents is 1. The Morgan fingerprint density at radius 2 is 1.71 bits per heavy atom. The van der Waals surface area contributed by atoms with E-state index in [2.05, 4.69) is 10.5 Å². The molecule has 1 heterocycles. The zero-order chi connectivity index (χ0) is 19.5. The summed E-state index contributed by atoms with van der Waals surface area (Å²) in [5, 5.41) is 15.7. The smallest absolute Gasteiger partial charge is 0.275 e. The van der Waals surface area contributed by atoms with Crippen LogP contribution in [0.3, 0.4) is 0 Å². The van der Waals surface area contributed by atoms with Gasteiger partial charge < -0.3 is 9.67 Å². The van der Waals surface area contributed by atoms with Crippen LogP contribution in [0.2, 0.25) is 0 Å². The molecule has 0 saturated carbocycles. The second-order valence-corrected chi connectivity index (χ2v) is 6.17. The summed E-state index contributed by atoms with van der Waals surface area (Å²) >= 11 is 0. The van der Waals surface area contributed by atoms with Crippen LogP contribution in [-0.4, -0.2) is 21.8 Å². The van der Waals surface area contributed by atoms with E-state index in [1.807, 2.05) is 24.3 Å². The average molecular weight is 373 g/mol. The summed E-state index contributed by atoms with van der Waals surface area (Å²) in [5.74, 6) is -1.02. The lowest BCUT2D eigenvalue weighted by molar-refractivity contribution is 0.0952. The van der Waals surface area contributed by atoms with Gasteiger partial charge in [-0.1, -0.05) is 36.4 Å². The molecule has 0 fully saturated rings. The molecule has 138 valence electrons. The quantitative estimate of drug-likeness (QED) is 0.415. The van der Waals surface area contributed by atoms with Gasteiger partial charge in [0.1, 0.15) is 11.6 Å². The van der Waals surface area contributed by atoms with Gasteiger partial charge in [-0.2, -0.15) is 5.10 Å². The molecule has 0 unspecified atom stereocenters. The standard InChI is InChI=1S/C22H16FN3O2/c23-19-9-3-4-10-20(19)26-11-5-8-17(26)14-24-25-22(28)18-12-15-6-1-2-7-16(15)13-21(18)27/h1-14,27H,(H,25,28). The van der Waals surface area contributed by atoms with E-state index in [0.717, 1.165) is 10.8 Å². The lowest BCUT2D eigenvalue weighted by atomic mass is 10.1. The van der Waals surface area contributed by atoms with Gasteiger partial charge in [-0.15, -0.1) is 0 Å². The van der Waals surface area contributed by atoms with Gasteiger partial charge >= 0.3 is 0 Å². The van der Waals surface area contributed by atoms with Gasteiger partial charge in [0.25, 0.3) is 5.91 Å². The van der Waals surface area contributed by atoms with Crippen LogP contribution in [0.1, 0.15) is 16.1 Å². The van der Waals surface area contributed by atoms with Crippen LogP contribution in [0.15, 0.2) is 84.1 Å². The summed E-state index contributed by atoms with van der Waals surface area (Å²) in [6, 6.07) is 20.5. The molecule has 4 aromatic rings. The van der Waals surface area contributed by atoms with Crippen LogP contribution in [0.5, 0.6) is 5.75 Å². The third kappa shape index (κ3) is 3.35. The van der Waals surface area contributed by atoms with Gasteiger partial charge in [-0.25, -0.2) is 9.82 Å². The lowest BCUT2D eigenvalue weighted by Gasteiger charge is -2.07. The van der Waals surface area contributed by atoms with Crippen molar-refractivity contribution in [2.45, 2.75) is 0 Å². The maximum Gasteiger partial charge on any atom is 0.275 e. The minimum absolute atomic E-state index is 0.124. The summed E-state index contributed by atoms with van der Waals surface area (Å²) in [7, 11) is 0. The van der Waals surface area contributed by atoms with E-state index in [9.17, 15) is 14.3 Å². The number of hydrogen-bond donors (Lipinski definition) is 2. The van der Waals surface area contributed by atoms with Crippen molar-refractivity contribution in [2.24, 2.45) is 5.10 Å². The van der Waals surface area contributed by atoms with E-state index in [-0.39, 0.29) is 17.1 Å². The first kappa shape index (κ1) is 17.5. The summed E-state index contributed by atoms with van der Waals surface area (Å²) in [5.41, 5.74) is 3.50. The number of fused-ring (bicyclic) bond motifs is 1. The van der Waals surface area contributed by atoms with Gasteiger partial charge in [-0.3, -0.25) is 4.79 Å². The maximum absolute atomic E-state index is 14.0. The number of phenols is 1. The molecule has 0 saturated heterocycles. The van der Waals surface area contributed by atoms with E-state index in [1.54, 1.807) is 47.2 Å². The zero-order valence-corrected chi connectivity index (χ0v) is 14.7. The molecule has 0 radical (unpaired) electrons. The van der Waals surface area contributed by atoms with Crippen LogP contribution in [0.25, 0.3) is 16.5 Å². The molecule has 4 rings (SSSR count). The van der Waals surface area contributed by atoms with E-state index in [1.165, 1.54) is 18.3 Å². The van der Waals surface area contributed by atoms with E-state index >= 15 is 0 Å². The molecular weight excluding hydrogens is 357 g/mol. The highest BCUT2D eigenvalue weighted by Crippen LogP contribution is 2.24. The molecule has 0 aliphatic rings. The van der Waals surface area contributed by atoms with Crippen LogP contribution in [0, 0.1) is 5.82 Å². The molecule has 3 aromatic carbocycles. The third-order valence-corrected chi connectivity index (χ3v) is 4.36. The minimum Gasteiger partial charge on any atom is -0.507 e. The van der Waals surface area contributed by atoms with Gasteiger partial charge in [-0.05, 0) is 47.2 Å². The summed E-state index contributed by atoms with van der Waals surface area (Å²) in [6.45, 7) is 0. The van der Waals surface area contributed by atoms with Crippen LogP contribution < -0.4 is 5.43 Å². The minimum atomic E-state index is -0.538. The predicted octanol–water partition coefficient (Wildman–Crippen LogP) is 4.24.